The summed E-state index contributed by atoms with van der Waals surface area (Å²) >= 11 is 0. The summed E-state index contributed by atoms with van der Waals surface area (Å²) in [6.45, 7) is 8.56. The fourth-order valence-corrected chi connectivity index (χ4v) is 3.86. The van der Waals surface area contributed by atoms with Gasteiger partial charge in [0.2, 0.25) is 0 Å². The Labute approximate surface area is 160 Å². The van der Waals surface area contributed by atoms with E-state index >= 15 is 0 Å². The molecule has 2 aromatic heterocycles. The Kier molecular flexibility index (Phi) is 4.84. The third-order valence-corrected chi connectivity index (χ3v) is 5.20. The molecule has 0 unspecified atom stereocenters. The Bertz CT molecular complexity index is 924. The highest BCUT2D eigenvalue weighted by Gasteiger charge is 2.24. The molecule has 5 nitrogen and oxygen atoms in total. The number of hydrogen-bond donors (Lipinski definition) is 0. The normalized spacial score (nSPS) is 14.9. The standard InChI is InChI=1S/C22H26N4O/c1-17(2)16-26-11-8-19-20(4-3-5-21(19)26)22(27)25-14-12-24(13-15-25)18-6-9-23-10-7-18/h3-11,17H,12-16H2,1-2H3. The number of anilines is 1. The zero-order valence-electron chi connectivity index (χ0n) is 16.0. The van der Waals surface area contributed by atoms with Crippen molar-refractivity contribution < 1.29 is 4.79 Å². The molecule has 1 amide bonds. The summed E-state index contributed by atoms with van der Waals surface area (Å²) < 4.78 is 2.25. The third-order valence-electron chi connectivity index (χ3n) is 5.20. The van der Waals surface area contributed by atoms with Crippen LogP contribution < -0.4 is 4.90 Å². The van der Waals surface area contributed by atoms with Gasteiger partial charge in [-0.25, -0.2) is 0 Å². The zero-order valence-corrected chi connectivity index (χ0v) is 16.0. The number of piperazine rings is 1. The van der Waals surface area contributed by atoms with Crippen LogP contribution in [-0.2, 0) is 6.54 Å². The second-order valence-corrected chi connectivity index (χ2v) is 7.58. The van der Waals surface area contributed by atoms with Crippen LogP contribution in [0.3, 0.4) is 0 Å². The molecule has 0 atom stereocenters. The number of carbonyl (C=O) groups excluding carboxylic acids is 1. The van der Waals surface area contributed by atoms with Crippen molar-refractivity contribution in [3.63, 3.8) is 0 Å². The average Bonchev–Trinajstić information content (AvgIpc) is 3.10. The Morgan fingerprint density at radius 1 is 1.04 bits per heavy atom. The topological polar surface area (TPSA) is 41.4 Å². The van der Waals surface area contributed by atoms with E-state index in [9.17, 15) is 4.79 Å². The Balaban J connectivity index is 1.51. The second-order valence-electron chi connectivity index (χ2n) is 7.58. The van der Waals surface area contributed by atoms with Crippen LogP contribution in [0, 0.1) is 5.92 Å². The average molecular weight is 362 g/mol. The van der Waals surface area contributed by atoms with Crippen LogP contribution in [0.15, 0.2) is 55.0 Å². The number of hydrogen-bond acceptors (Lipinski definition) is 3. The predicted octanol–water partition coefficient (Wildman–Crippen LogP) is 3.65. The van der Waals surface area contributed by atoms with Crippen molar-refractivity contribution in [3.05, 3.63) is 60.6 Å². The number of benzene rings is 1. The molecule has 4 rings (SSSR count). The molecule has 1 saturated heterocycles. The van der Waals surface area contributed by atoms with Gasteiger partial charge in [0, 0.05) is 73.5 Å². The van der Waals surface area contributed by atoms with Gasteiger partial charge < -0.3 is 14.4 Å². The minimum atomic E-state index is 0.136. The number of amides is 1. The first kappa shape index (κ1) is 17.6. The van der Waals surface area contributed by atoms with Crippen LogP contribution >= 0.6 is 0 Å². The van der Waals surface area contributed by atoms with Crippen molar-refractivity contribution in [3.8, 4) is 0 Å². The van der Waals surface area contributed by atoms with Crippen molar-refractivity contribution in [2.45, 2.75) is 20.4 Å². The SMILES string of the molecule is CC(C)Cn1ccc2c(C(=O)N3CCN(c4ccncc4)CC3)cccc21. The molecule has 140 valence electrons. The fourth-order valence-electron chi connectivity index (χ4n) is 3.86. The minimum absolute atomic E-state index is 0.136. The van der Waals surface area contributed by atoms with Crippen molar-refractivity contribution in [1.82, 2.24) is 14.5 Å². The molecule has 5 heteroatoms. The van der Waals surface area contributed by atoms with Crippen LogP contribution in [0.5, 0.6) is 0 Å². The quantitative estimate of drug-likeness (QED) is 0.711. The van der Waals surface area contributed by atoms with Gasteiger partial charge in [-0.1, -0.05) is 19.9 Å². The van der Waals surface area contributed by atoms with E-state index in [1.807, 2.05) is 41.6 Å². The maximum absolute atomic E-state index is 13.2. The van der Waals surface area contributed by atoms with Gasteiger partial charge in [-0.05, 0) is 36.2 Å². The van der Waals surface area contributed by atoms with Crippen molar-refractivity contribution in [2.24, 2.45) is 5.92 Å². The van der Waals surface area contributed by atoms with Gasteiger partial charge in [-0.2, -0.15) is 0 Å². The summed E-state index contributed by atoms with van der Waals surface area (Å²) in [5, 5.41) is 1.06. The van der Waals surface area contributed by atoms with Crippen LogP contribution in [0.1, 0.15) is 24.2 Å². The Morgan fingerprint density at radius 2 is 1.78 bits per heavy atom. The first-order chi connectivity index (χ1) is 13.1. The lowest BCUT2D eigenvalue weighted by Crippen LogP contribution is -2.48. The van der Waals surface area contributed by atoms with Gasteiger partial charge in [0.15, 0.2) is 0 Å². The molecule has 0 aliphatic carbocycles. The second kappa shape index (κ2) is 7.43. The van der Waals surface area contributed by atoms with Gasteiger partial charge in [-0.15, -0.1) is 0 Å². The summed E-state index contributed by atoms with van der Waals surface area (Å²) in [5.41, 5.74) is 3.13. The lowest BCUT2D eigenvalue weighted by molar-refractivity contribution is 0.0749. The summed E-state index contributed by atoms with van der Waals surface area (Å²) in [6.07, 6.45) is 5.73. The molecular weight excluding hydrogens is 336 g/mol. The molecule has 0 radical (unpaired) electrons. The minimum Gasteiger partial charge on any atom is -0.368 e. The molecule has 0 spiro atoms. The van der Waals surface area contributed by atoms with Crippen molar-refractivity contribution in [2.75, 3.05) is 31.1 Å². The van der Waals surface area contributed by atoms with Gasteiger partial charge >= 0.3 is 0 Å². The molecule has 27 heavy (non-hydrogen) atoms. The van der Waals surface area contributed by atoms with Crippen LogP contribution in [0.25, 0.3) is 10.9 Å². The first-order valence-corrected chi connectivity index (χ1v) is 9.65. The molecule has 0 N–H and O–H groups in total. The Hall–Kier alpha value is -2.82. The third kappa shape index (κ3) is 3.54. The molecule has 1 aliphatic heterocycles. The lowest BCUT2D eigenvalue weighted by Gasteiger charge is -2.36. The van der Waals surface area contributed by atoms with Crippen LogP contribution in [-0.4, -0.2) is 46.5 Å². The predicted molar refractivity (Wildman–Crippen MR) is 109 cm³/mol. The molecule has 1 fully saturated rings. The van der Waals surface area contributed by atoms with Crippen molar-refractivity contribution in [1.29, 1.82) is 0 Å². The van der Waals surface area contributed by atoms with E-state index in [0.29, 0.717) is 5.92 Å². The number of aromatic nitrogens is 2. The maximum atomic E-state index is 13.2. The number of rotatable bonds is 4. The largest absolute Gasteiger partial charge is 0.368 e. The Morgan fingerprint density at radius 3 is 2.48 bits per heavy atom. The van der Waals surface area contributed by atoms with E-state index in [-0.39, 0.29) is 5.91 Å². The summed E-state index contributed by atoms with van der Waals surface area (Å²) in [4.78, 5) is 21.5. The van der Waals surface area contributed by atoms with E-state index in [1.54, 1.807) is 0 Å². The monoisotopic (exact) mass is 362 g/mol. The van der Waals surface area contributed by atoms with Crippen molar-refractivity contribution >= 4 is 22.5 Å². The van der Waals surface area contributed by atoms with E-state index in [1.165, 1.54) is 5.69 Å². The maximum Gasteiger partial charge on any atom is 0.254 e. The number of pyridine rings is 1. The molecule has 3 aromatic rings. The zero-order chi connectivity index (χ0) is 18.8. The fraction of sp³-hybridized carbons (Fsp3) is 0.364. The van der Waals surface area contributed by atoms with Crippen LogP contribution in [0.4, 0.5) is 5.69 Å². The molecule has 0 saturated carbocycles. The molecule has 1 aromatic carbocycles. The highest BCUT2D eigenvalue weighted by molar-refractivity contribution is 6.06. The van der Waals surface area contributed by atoms with Gasteiger partial charge in [0.05, 0.1) is 0 Å². The molecule has 1 aliphatic rings. The highest BCUT2D eigenvalue weighted by atomic mass is 16.2. The number of fused-ring (bicyclic) bond motifs is 1. The summed E-state index contributed by atoms with van der Waals surface area (Å²) in [7, 11) is 0. The van der Waals surface area contributed by atoms with Gasteiger partial charge in [0.1, 0.15) is 0 Å². The molecule has 3 heterocycles. The van der Waals surface area contributed by atoms with E-state index in [0.717, 1.165) is 49.2 Å². The van der Waals surface area contributed by atoms with Crippen LogP contribution in [0.2, 0.25) is 0 Å². The van der Waals surface area contributed by atoms with E-state index in [2.05, 4.69) is 46.6 Å². The van der Waals surface area contributed by atoms with Gasteiger partial charge in [-0.3, -0.25) is 9.78 Å². The summed E-state index contributed by atoms with van der Waals surface area (Å²) in [5.74, 6) is 0.707. The highest BCUT2D eigenvalue weighted by Crippen LogP contribution is 2.24. The first-order valence-electron chi connectivity index (χ1n) is 9.65. The van der Waals surface area contributed by atoms with E-state index < -0.39 is 0 Å². The smallest absolute Gasteiger partial charge is 0.254 e. The van der Waals surface area contributed by atoms with E-state index in [4.69, 9.17) is 0 Å². The lowest BCUT2D eigenvalue weighted by atomic mass is 10.1. The number of nitrogens with zero attached hydrogens (tertiary/aromatic N) is 4. The van der Waals surface area contributed by atoms with Gasteiger partial charge in [0.25, 0.3) is 5.91 Å². The molecular formula is C22H26N4O. The molecule has 0 bridgehead atoms. The summed E-state index contributed by atoms with van der Waals surface area (Å²) in [6, 6.07) is 12.2. The number of carbonyl (C=O) groups is 1.